The fourth-order valence-electron chi connectivity index (χ4n) is 4.14. The lowest BCUT2D eigenvalue weighted by Crippen LogP contribution is -2.34. The zero-order valence-corrected chi connectivity index (χ0v) is 14.9. The molecule has 0 atom stereocenters. The van der Waals surface area contributed by atoms with Gasteiger partial charge in [-0.2, -0.15) is 0 Å². The molecule has 0 unspecified atom stereocenters. The molecule has 1 aromatic heterocycles. The number of aryl methyl sites for hydroxylation is 2. The summed E-state index contributed by atoms with van der Waals surface area (Å²) in [4.78, 5) is 15.2. The zero-order valence-electron chi connectivity index (χ0n) is 14.1. The first-order chi connectivity index (χ1) is 11.6. The van der Waals surface area contributed by atoms with E-state index in [1.807, 2.05) is 6.07 Å². The van der Waals surface area contributed by atoms with Crippen molar-refractivity contribution in [2.45, 2.75) is 39.0 Å². The Bertz CT molecular complexity index is 787. The minimum Gasteiger partial charge on any atom is -0.317 e. The molecule has 0 saturated carbocycles. The van der Waals surface area contributed by atoms with Gasteiger partial charge in [0, 0.05) is 27.7 Å². The standard InChI is InChI=1S/C20H23ClN2O/c1-14-11-17(20(24)13-22-9-3-2-4-10-22)19-7-5-15-12-16(21)6-8-18(15)23(14)19/h6,8,11-12H,2-5,7,9-10,13H2,1H3. The number of rotatable bonds is 3. The van der Waals surface area contributed by atoms with Gasteiger partial charge in [0.2, 0.25) is 0 Å². The van der Waals surface area contributed by atoms with E-state index < -0.39 is 0 Å². The Kier molecular flexibility index (Phi) is 4.23. The molecule has 0 radical (unpaired) electrons. The van der Waals surface area contributed by atoms with Crippen LogP contribution in [0.25, 0.3) is 5.69 Å². The van der Waals surface area contributed by atoms with Crippen LogP contribution in [0.15, 0.2) is 24.3 Å². The summed E-state index contributed by atoms with van der Waals surface area (Å²) >= 11 is 6.14. The lowest BCUT2D eigenvalue weighted by Gasteiger charge is -2.26. The van der Waals surface area contributed by atoms with Gasteiger partial charge in [0.25, 0.3) is 0 Å². The van der Waals surface area contributed by atoms with Crippen LogP contribution >= 0.6 is 11.6 Å². The van der Waals surface area contributed by atoms with Gasteiger partial charge < -0.3 is 4.57 Å². The Morgan fingerprint density at radius 3 is 2.71 bits per heavy atom. The molecular formula is C20H23ClN2O. The fourth-order valence-corrected chi connectivity index (χ4v) is 4.34. The number of ketones is 1. The summed E-state index contributed by atoms with van der Waals surface area (Å²) in [6, 6.07) is 8.14. The SMILES string of the molecule is Cc1cc(C(=O)CN2CCCCC2)c2n1-c1ccc(Cl)cc1CC2. The van der Waals surface area contributed by atoms with Crippen LogP contribution in [0.2, 0.25) is 5.02 Å². The maximum absolute atomic E-state index is 12.9. The van der Waals surface area contributed by atoms with Gasteiger partial charge in [0.05, 0.1) is 6.54 Å². The molecule has 2 aromatic rings. The van der Waals surface area contributed by atoms with E-state index in [4.69, 9.17) is 11.6 Å². The van der Waals surface area contributed by atoms with Crippen molar-refractivity contribution in [3.05, 3.63) is 51.8 Å². The smallest absolute Gasteiger partial charge is 0.178 e. The number of hydrogen-bond acceptors (Lipinski definition) is 2. The lowest BCUT2D eigenvalue weighted by molar-refractivity contribution is 0.0914. The van der Waals surface area contributed by atoms with Crippen molar-refractivity contribution in [2.75, 3.05) is 19.6 Å². The summed E-state index contributed by atoms with van der Waals surface area (Å²) in [5, 5.41) is 0.781. The van der Waals surface area contributed by atoms with Gasteiger partial charge in [0.1, 0.15) is 0 Å². The fraction of sp³-hybridized carbons (Fsp3) is 0.450. The summed E-state index contributed by atoms with van der Waals surface area (Å²) in [6.07, 6.45) is 5.58. The highest BCUT2D eigenvalue weighted by atomic mass is 35.5. The van der Waals surface area contributed by atoms with Gasteiger partial charge in [-0.15, -0.1) is 0 Å². The van der Waals surface area contributed by atoms with Crippen molar-refractivity contribution in [2.24, 2.45) is 0 Å². The van der Waals surface area contributed by atoms with Crippen LogP contribution in [0, 0.1) is 6.92 Å². The molecule has 0 aliphatic carbocycles. The van der Waals surface area contributed by atoms with Crippen LogP contribution in [0.4, 0.5) is 0 Å². The van der Waals surface area contributed by atoms with Crippen LogP contribution in [0.1, 0.15) is 46.6 Å². The number of fused-ring (bicyclic) bond motifs is 3. The van der Waals surface area contributed by atoms with E-state index in [2.05, 4.69) is 34.6 Å². The number of Topliss-reactive ketones (excluding diaryl/α,β-unsaturated/α-hetero) is 1. The molecule has 4 heteroatoms. The van der Waals surface area contributed by atoms with E-state index in [9.17, 15) is 4.79 Å². The Hall–Kier alpha value is -1.58. The Balaban J connectivity index is 1.66. The molecule has 4 rings (SSSR count). The van der Waals surface area contributed by atoms with Gasteiger partial charge in [0.15, 0.2) is 5.78 Å². The summed E-state index contributed by atoms with van der Waals surface area (Å²) in [5.74, 6) is 0.270. The number of carbonyl (C=O) groups excluding carboxylic acids is 1. The van der Waals surface area contributed by atoms with E-state index in [-0.39, 0.29) is 5.78 Å². The zero-order chi connectivity index (χ0) is 16.7. The highest BCUT2D eigenvalue weighted by molar-refractivity contribution is 6.30. The summed E-state index contributed by atoms with van der Waals surface area (Å²) in [5.41, 5.74) is 5.66. The number of aromatic nitrogens is 1. The first kappa shape index (κ1) is 15.9. The van der Waals surface area contributed by atoms with Crippen LogP contribution in [0.3, 0.4) is 0 Å². The predicted octanol–water partition coefficient (Wildman–Crippen LogP) is 4.21. The molecule has 0 N–H and O–H groups in total. The maximum Gasteiger partial charge on any atom is 0.178 e. The molecule has 1 saturated heterocycles. The Morgan fingerprint density at radius 1 is 1.12 bits per heavy atom. The number of hydrogen-bond donors (Lipinski definition) is 0. The number of carbonyl (C=O) groups is 1. The molecule has 2 aliphatic heterocycles. The monoisotopic (exact) mass is 342 g/mol. The first-order valence-electron chi connectivity index (χ1n) is 8.89. The average Bonchev–Trinajstić information content (AvgIpc) is 2.93. The molecule has 0 bridgehead atoms. The number of benzene rings is 1. The van der Waals surface area contributed by atoms with Gasteiger partial charge >= 0.3 is 0 Å². The van der Waals surface area contributed by atoms with E-state index >= 15 is 0 Å². The van der Waals surface area contributed by atoms with Crippen LogP contribution in [-0.4, -0.2) is 34.9 Å². The number of nitrogens with zero attached hydrogens (tertiary/aromatic N) is 2. The van der Waals surface area contributed by atoms with E-state index in [0.717, 1.165) is 42.2 Å². The van der Waals surface area contributed by atoms with Gasteiger partial charge in [-0.1, -0.05) is 18.0 Å². The number of halogens is 1. The Morgan fingerprint density at radius 2 is 1.92 bits per heavy atom. The third kappa shape index (κ3) is 2.80. The number of piperidine rings is 1. The molecule has 2 aliphatic rings. The molecular weight excluding hydrogens is 320 g/mol. The topological polar surface area (TPSA) is 25.2 Å². The second-order valence-corrected chi connectivity index (χ2v) is 7.45. The molecule has 0 spiro atoms. The average molecular weight is 343 g/mol. The first-order valence-corrected chi connectivity index (χ1v) is 9.27. The maximum atomic E-state index is 12.9. The second kappa shape index (κ2) is 6.38. The quantitative estimate of drug-likeness (QED) is 0.781. The molecule has 126 valence electrons. The molecule has 3 heterocycles. The molecule has 3 nitrogen and oxygen atoms in total. The van der Waals surface area contributed by atoms with Gasteiger partial charge in [-0.05, 0) is 75.5 Å². The minimum absolute atomic E-state index is 0.270. The van der Waals surface area contributed by atoms with Crippen molar-refractivity contribution < 1.29 is 4.79 Å². The lowest BCUT2D eigenvalue weighted by atomic mass is 9.98. The summed E-state index contributed by atoms with van der Waals surface area (Å²) in [7, 11) is 0. The minimum atomic E-state index is 0.270. The largest absolute Gasteiger partial charge is 0.317 e. The molecule has 0 amide bonds. The van der Waals surface area contributed by atoms with Crippen molar-refractivity contribution in [1.29, 1.82) is 0 Å². The van der Waals surface area contributed by atoms with Crippen LogP contribution in [0.5, 0.6) is 0 Å². The third-order valence-corrected chi connectivity index (χ3v) is 5.55. The van der Waals surface area contributed by atoms with E-state index in [1.165, 1.54) is 36.2 Å². The normalized spacial score (nSPS) is 17.4. The number of likely N-dealkylation sites (tertiary alicyclic amines) is 1. The van der Waals surface area contributed by atoms with E-state index in [1.54, 1.807) is 0 Å². The molecule has 24 heavy (non-hydrogen) atoms. The highest BCUT2D eigenvalue weighted by Gasteiger charge is 2.25. The van der Waals surface area contributed by atoms with Crippen LogP contribution < -0.4 is 0 Å². The highest BCUT2D eigenvalue weighted by Crippen LogP contribution is 2.32. The van der Waals surface area contributed by atoms with Crippen LogP contribution in [-0.2, 0) is 12.8 Å². The predicted molar refractivity (Wildman–Crippen MR) is 97.5 cm³/mol. The molecule has 1 fully saturated rings. The van der Waals surface area contributed by atoms with Gasteiger partial charge in [-0.3, -0.25) is 9.69 Å². The Labute approximate surface area is 148 Å². The summed E-state index contributed by atoms with van der Waals surface area (Å²) < 4.78 is 2.25. The summed E-state index contributed by atoms with van der Waals surface area (Å²) in [6.45, 7) is 4.76. The molecule has 1 aromatic carbocycles. The van der Waals surface area contributed by atoms with Crippen molar-refractivity contribution in [1.82, 2.24) is 9.47 Å². The van der Waals surface area contributed by atoms with Crippen molar-refractivity contribution >= 4 is 17.4 Å². The van der Waals surface area contributed by atoms with Crippen molar-refractivity contribution in [3.8, 4) is 5.69 Å². The van der Waals surface area contributed by atoms with E-state index in [0.29, 0.717) is 6.54 Å². The second-order valence-electron chi connectivity index (χ2n) is 7.01. The third-order valence-electron chi connectivity index (χ3n) is 5.32. The van der Waals surface area contributed by atoms with Crippen molar-refractivity contribution in [3.63, 3.8) is 0 Å². The van der Waals surface area contributed by atoms with Gasteiger partial charge in [-0.25, -0.2) is 0 Å².